The van der Waals surface area contributed by atoms with E-state index >= 15 is 0 Å². The third-order valence-electron chi connectivity index (χ3n) is 5.86. The lowest BCUT2D eigenvalue weighted by Crippen LogP contribution is -2.40. The third kappa shape index (κ3) is 6.45. The molecule has 0 atom stereocenters. The van der Waals surface area contributed by atoms with Crippen molar-refractivity contribution in [1.82, 2.24) is 4.31 Å². The molecule has 1 fully saturated rings. The zero-order valence-electron chi connectivity index (χ0n) is 21.0. The molecule has 2 N–H and O–H groups in total. The van der Waals surface area contributed by atoms with E-state index in [9.17, 15) is 21.6 Å². The van der Waals surface area contributed by atoms with Gasteiger partial charge in [-0.3, -0.25) is 9.52 Å². The Labute approximate surface area is 231 Å². The highest BCUT2D eigenvalue weighted by Crippen LogP contribution is 2.31. The molecule has 0 radical (unpaired) electrons. The summed E-state index contributed by atoms with van der Waals surface area (Å²) >= 11 is 6.17. The minimum atomic E-state index is -3.98. The molecule has 3 aromatic carbocycles. The van der Waals surface area contributed by atoms with E-state index in [-0.39, 0.29) is 58.1 Å². The summed E-state index contributed by atoms with van der Waals surface area (Å²) in [6.07, 6.45) is 0. The first-order valence-corrected chi connectivity index (χ1v) is 14.9. The molecular weight excluding hydrogens is 570 g/mol. The van der Waals surface area contributed by atoms with Crippen molar-refractivity contribution in [3.05, 3.63) is 71.2 Å². The van der Waals surface area contributed by atoms with E-state index in [0.717, 1.165) is 0 Å². The third-order valence-corrected chi connectivity index (χ3v) is 9.62. The molecule has 14 heteroatoms. The molecule has 1 amide bonds. The molecule has 0 aromatic heterocycles. The van der Waals surface area contributed by atoms with Gasteiger partial charge in [-0.05, 0) is 54.6 Å². The first-order valence-electron chi connectivity index (χ1n) is 11.6. The van der Waals surface area contributed by atoms with Crippen molar-refractivity contribution in [2.24, 2.45) is 0 Å². The Hall–Kier alpha value is -3.36. The maximum Gasteiger partial charge on any atom is 0.262 e. The van der Waals surface area contributed by atoms with Crippen molar-refractivity contribution in [3.8, 4) is 11.5 Å². The molecule has 0 saturated carbocycles. The van der Waals surface area contributed by atoms with Gasteiger partial charge >= 0.3 is 0 Å². The summed E-state index contributed by atoms with van der Waals surface area (Å²) in [7, 11) is -5.01. The van der Waals surface area contributed by atoms with Crippen LogP contribution in [-0.4, -0.2) is 67.6 Å². The molecule has 39 heavy (non-hydrogen) atoms. The van der Waals surface area contributed by atoms with Crippen molar-refractivity contribution in [3.63, 3.8) is 0 Å². The molecule has 4 rings (SSSR count). The molecule has 1 saturated heterocycles. The molecule has 0 bridgehead atoms. The highest BCUT2D eigenvalue weighted by molar-refractivity contribution is 7.92. The van der Waals surface area contributed by atoms with Crippen LogP contribution in [0.25, 0.3) is 0 Å². The second kappa shape index (κ2) is 11.8. The number of sulfonamides is 2. The van der Waals surface area contributed by atoms with E-state index in [1.807, 2.05) is 0 Å². The van der Waals surface area contributed by atoms with E-state index < -0.39 is 26.0 Å². The van der Waals surface area contributed by atoms with E-state index in [1.54, 1.807) is 12.1 Å². The van der Waals surface area contributed by atoms with Crippen molar-refractivity contribution < 1.29 is 35.8 Å². The number of nitrogens with zero attached hydrogens (tertiary/aromatic N) is 1. The van der Waals surface area contributed by atoms with Gasteiger partial charge in [-0.2, -0.15) is 4.31 Å². The van der Waals surface area contributed by atoms with Crippen LogP contribution in [-0.2, 0) is 24.8 Å². The number of anilines is 2. The maximum absolute atomic E-state index is 13.1. The first-order chi connectivity index (χ1) is 18.5. The standard InChI is InChI=1S/C25H26ClN3O8S2/c1-35-19-6-10-22(23(16-19)36-2)28-38(31,32)20-7-4-18(5-8-20)27-25(30)17-3-9-21(26)24(15-17)39(33,34)29-11-13-37-14-12-29/h3-10,15-16,28H,11-14H2,1-2H3,(H,27,30). The van der Waals surface area contributed by atoms with Gasteiger partial charge in [-0.15, -0.1) is 0 Å². The fourth-order valence-corrected chi connectivity index (χ4v) is 6.75. The van der Waals surface area contributed by atoms with Gasteiger partial charge in [-0.1, -0.05) is 11.6 Å². The highest BCUT2D eigenvalue weighted by Gasteiger charge is 2.29. The van der Waals surface area contributed by atoms with Crippen LogP contribution in [0.2, 0.25) is 5.02 Å². The summed E-state index contributed by atoms with van der Waals surface area (Å²) in [4.78, 5) is 12.7. The van der Waals surface area contributed by atoms with Gasteiger partial charge in [0.25, 0.3) is 15.9 Å². The van der Waals surface area contributed by atoms with Crippen LogP contribution in [0.5, 0.6) is 11.5 Å². The van der Waals surface area contributed by atoms with Crippen LogP contribution >= 0.6 is 11.6 Å². The van der Waals surface area contributed by atoms with Crippen molar-refractivity contribution in [2.45, 2.75) is 9.79 Å². The molecule has 0 aliphatic carbocycles. The Bertz CT molecular complexity index is 1570. The topological polar surface area (TPSA) is 140 Å². The molecular formula is C25H26ClN3O8S2. The van der Waals surface area contributed by atoms with Crippen molar-refractivity contribution in [1.29, 1.82) is 0 Å². The quantitative estimate of drug-likeness (QED) is 0.383. The molecule has 0 unspecified atom stereocenters. The number of nitrogens with one attached hydrogen (secondary N) is 2. The SMILES string of the molecule is COc1ccc(NS(=O)(=O)c2ccc(NC(=O)c3ccc(Cl)c(S(=O)(=O)N4CCOCC4)c3)cc2)c(OC)c1. The number of morpholine rings is 1. The number of hydrogen-bond donors (Lipinski definition) is 2. The van der Waals surface area contributed by atoms with Crippen LogP contribution in [0.3, 0.4) is 0 Å². The molecule has 3 aromatic rings. The Balaban J connectivity index is 1.49. The van der Waals surface area contributed by atoms with Crippen LogP contribution in [0.15, 0.2) is 70.5 Å². The molecule has 11 nitrogen and oxygen atoms in total. The van der Waals surface area contributed by atoms with E-state index in [2.05, 4.69) is 10.0 Å². The average molecular weight is 596 g/mol. The molecule has 0 spiro atoms. The molecule has 1 heterocycles. The van der Waals surface area contributed by atoms with Crippen molar-refractivity contribution >= 4 is 48.9 Å². The number of benzene rings is 3. The lowest BCUT2D eigenvalue weighted by Gasteiger charge is -2.26. The number of carbonyl (C=O) groups is 1. The summed E-state index contributed by atoms with van der Waals surface area (Å²) in [5.41, 5.74) is 0.589. The Morgan fingerprint density at radius 1 is 0.923 bits per heavy atom. The smallest absolute Gasteiger partial charge is 0.262 e. The predicted molar refractivity (Wildman–Crippen MR) is 146 cm³/mol. The zero-order chi connectivity index (χ0) is 28.2. The molecule has 208 valence electrons. The summed E-state index contributed by atoms with van der Waals surface area (Å²) < 4.78 is 71.2. The summed E-state index contributed by atoms with van der Waals surface area (Å²) in [6, 6.07) is 14.1. The van der Waals surface area contributed by atoms with Crippen molar-refractivity contribution in [2.75, 3.05) is 50.6 Å². The number of hydrogen-bond acceptors (Lipinski definition) is 8. The minimum absolute atomic E-state index is 0.00593. The first kappa shape index (κ1) is 28.6. The highest BCUT2D eigenvalue weighted by atomic mass is 35.5. The van der Waals surface area contributed by atoms with Gasteiger partial charge in [0.2, 0.25) is 10.0 Å². The van der Waals surface area contributed by atoms with Gasteiger partial charge in [0.05, 0.1) is 43.0 Å². The normalized spacial score (nSPS) is 14.4. The van der Waals surface area contributed by atoms with E-state index in [1.165, 1.54) is 67.1 Å². The minimum Gasteiger partial charge on any atom is -0.497 e. The number of carbonyl (C=O) groups excluding carboxylic acids is 1. The van der Waals surface area contributed by atoms with Gasteiger partial charge in [0.15, 0.2) is 0 Å². The van der Waals surface area contributed by atoms with Crippen LogP contribution < -0.4 is 19.5 Å². The van der Waals surface area contributed by atoms with Crippen LogP contribution in [0.4, 0.5) is 11.4 Å². The van der Waals surface area contributed by atoms with Gasteiger partial charge < -0.3 is 19.5 Å². The Kier molecular flexibility index (Phi) is 8.67. The fraction of sp³-hybridized carbons (Fsp3) is 0.240. The zero-order valence-corrected chi connectivity index (χ0v) is 23.4. The number of methoxy groups -OCH3 is 2. The maximum atomic E-state index is 13.1. The van der Waals surface area contributed by atoms with Gasteiger partial charge in [0, 0.05) is 30.4 Å². The summed E-state index contributed by atoms with van der Waals surface area (Å²) in [5.74, 6) is 0.183. The number of ether oxygens (including phenoxy) is 3. The Morgan fingerprint density at radius 2 is 1.62 bits per heavy atom. The lowest BCUT2D eigenvalue weighted by atomic mass is 10.2. The average Bonchev–Trinajstić information content (AvgIpc) is 2.94. The number of halogens is 1. The predicted octanol–water partition coefficient (Wildman–Crippen LogP) is 3.43. The number of rotatable bonds is 9. The lowest BCUT2D eigenvalue weighted by molar-refractivity contribution is 0.0730. The monoisotopic (exact) mass is 595 g/mol. The summed E-state index contributed by atoms with van der Waals surface area (Å²) in [5, 5.41) is 2.63. The van der Waals surface area contributed by atoms with E-state index in [0.29, 0.717) is 11.4 Å². The van der Waals surface area contributed by atoms with Gasteiger partial charge in [-0.25, -0.2) is 16.8 Å². The van der Waals surface area contributed by atoms with Gasteiger partial charge in [0.1, 0.15) is 16.4 Å². The van der Waals surface area contributed by atoms with Crippen LogP contribution in [0, 0.1) is 0 Å². The second-order valence-electron chi connectivity index (χ2n) is 8.31. The molecule has 1 aliphatic rings. The molecule has 1 aliphatic heterocycles. The van der Waals surface area contributed by atoms with E-state index in [4.69, 9.17) is 25.8 Å². The number of amides is 1. The largest absolute Gasteiger partial charge is 0.497 e. The van der Waals surface area contributed by atoms with Crippen LogP contribution in [0.1, 0.15) is 10.4 Å². The summed E-state index contributed by atoms with van der Waals surface area (Å²) in [6.45, 7) is 0.909. The second-order valence-corrected chi connectivity index (χ2v) is 12.3. The fourth-order valence-electron chi connectivity index (χ4n) is 3.78. The Morgan fingerprint density at radius 3 is 2.26 bits per heavy atom.